The number of aromatic nitrogens is 2. The summed E-state index contributed by atoms with van der Waals surface area (Å²) in [4.78, 5) is 10.7. The van der Waals surface area contributed by atoms with Gasteiger partial charge in [0.25, 0.3) is 10.0 Å². The van der Waals surface area contributed by atoms with Crippen LogP contribution < -0.4 is 0 Å². The van der Waals surface area contributed by atoms with Crippen molar-refractivity contribution in [2.75, 3.05) is 26.2 Å². The molecule has 2 aromatic heterocycles. The second-order valence-corrected chi connectivity index (χ2v) is 8.91. The first-order chi connectivity index (χ1) is 12.6. The second kappa shape index (κ2) is 7.46. The molecule has 0 bridgehead atoms. The number of rotatable bonds is 5. The van der Waals surface area contributed by atoms with E-state index in [1.165, 1.54) is 4.31 Å². The van der Waals surface area contributed by atoms with Gasteiger partial charge in [-0.3, -0.25) is 4.90 Å². The molecule has 0 unspecified atom stereocenters. The third-order valence-corrected chi connectivity index (χ3v) is 6.98. The van der Waals surface area contributed by atoms with Crippen molar-refractivity contribution in [3.8, 4) is 0 Å². The smallest absolute Gasteiger partial charge is 0.276 e. The number of hydrogen-bond acceptors (Lipinski definition) is 6. The summed E-state index contributed by atoms with van der Waals surface area (Å²) in [5, 5.41) is 0.0683. The van der Waals surface area contributed by atoms with Crippen molar-refractivity contribution in [3.05, 3.63) is 42.2 Å². The van der Waals surface area contributed by atoms with Crippen molar-refractivity contribution in [1.29, 1.82) is 0 Å². The van der Waals surface area contributed by atoms with Crippen LogP contribution >= 0.6 is 0 Å². The molecule has 2 aromatic rings. The number of likely N-dealkylation sites (tertiary alicyclic amines) is 1. The van der Waals surface area contributed by atoms with Gasteiger partial charge in [0, 0.05) is 37.4 Å². The zero-order chi connectivity index (χ0) is 18.0. The van der Waals surface area contributed by atoms with Crippen LogP contribution in [0.15, 0.2) is 40.2 Å². The average Bonchev–Trinajstić information content (AvgIpc) is 3.35. The van der Waals surface area contributed by atoms with Gasteiger partial charge in [0.1, 0.15) is 12.1 Å². The molecule has 2 aliphatic heterocycles. The minimum Gasteiger partial charge on any atom is -0.447 e. The Bertz CT molecular complexity index is 831. The highest BCUT2D eigenvalue weighted by atomic mass is 32.2. The first-order valence-electron chi connectivity index (χ1n) is 9.20. The summed E-state index contributed by atoms with van der Waals surface area (Å²) in [5.74, 6) is 1.08. The molecule has 2 aliphatic rings. The van der Waals surface area contributed by atoms with Crippen LogP contribution in [0.2, 0.25) is 0 Å². The normalized spacial score (nSPS) is 22.7. The summed E-state index contributed by atoms with van der Waals surface area (Å²) >= 11 is 0. The summed E-state index contributed by atoms with van der Waals surface area (Å²) in [6.07, 6.45) is 7.42. The van der Waals surface area contributed by atoms with Crippen molar-refractivity contribution < 1.29 is 12.8 Å². The molecule has 140 valence electrons. The molecule has 8 heteroatoms. The summed E-state index contributed by atoms with van der Waals surface area (Å²) in [6, 6.07) is 5.36. The highest BCUT2D eigenvalue weighted by Gasteiger charge is 2.30. The summed E-state index contributed by atoms with van der Waals surface area (Å²) in [7, 11) is -3.48. The Hall–Kier alpha value is -1.77. The molecular formula is C18H24N4O3S. The van der Waals surface area contributed by atoms with Crippen molar-refractivity contribution in [3.63, 3.8) is 0 Å². The highest BCUT2D eigenvalue weighted by molar-refractivity contribution is 7.89. The summed E-state index contributed by atoms with van der Waals surface area (Å²) in [5.41, 5.74) is 1.07. The SMILES string of the molecule is O=S(=O)(c1ccc(CN2CCC[C@H](c3ccncn3)C2)o1)N1CCCC1. The van der Waals surface area contributed by atoms with E-state index in [2.05, 4.69) is 14.9 Å². The first kappa shape index (κ1) is 17.6. The van der Waals surface area contributed by atoms with E-state index in [0.29, 0.717) is 31.3 Å². The zero-order valence-corrected chi connectivity index (χ0v) is 15.6. The molecule has 0 saturated carbocycles. The van der Waals surface area contributed by atoms with E-state index < -0.39 is 10.0 Å². The van der Waals surface area contributed by atoms with Crippen LogP contribution in [0, 0.1) is 0 Å². The maximum absolute atomic E-state index is 12.6. The van der Waals surface area contributed by atoms with E-state index in [1.54, 1.807) is 24.7 Å². The molecule has 0 aromatic carbocycles. The van der Waals surface area contributed by atoms with Crippen LogP contribution in [0.5, 0.6) is 0 Å². The van der Waals surface area contributed by atoms with Gasteiger partial charge < -0.3 is 4.42 Å². The number of furan rings is 1. The molecule has 0 spiro atoms. The lowest BCUT2D eigenvalue weighted by molar-refractivity contribution is 0.181. The Kier molecular flexibility index (Phi) is 5.06. The van der Waals surface area contributed by atoms with Gasteiger partial charge in [0.2, 0.25) is 5.09 Å². The molecule has 4 rings (SSSR count). The Morgan fingerprint density at radius 1 is 1.12 bits per heavy atom. The third-order valence-electron chi connectivity index (χ3n) is 5.20. The number of sulfonamides is 1. The van der Waals surface area contributed by atoms with Crippen LogP contribution in [0.25, 0.3) is 0 Å². The molecule has 26 heavy (non-hydrogen) atoms. The first-order valence-corrected chi connectivity index (χ1v) is 10.6. The van der Waals surface area contributed by atoms with E-state index in [-0.39, 0.29) is 5.09 Å². The fourth-order valence-corrected chi connectivity index (χ4v) is 5.29. The van der Waals surface area contributed by atoms with E-state index in [9.17, 15) is 8.42 Å². The Balaban J connectivity index is 1.42. The Labute approximate surface area is 154 Å². The highest BCUT2D eigenvalue weighted by Crippen LogP contribution is 2.27. The molecule has 4 heterocycles. The van der Waals surface area contributed by atoms with Gasteiger partial charge in [-0.05, 0) is 50.4 Å². The summed E-state index contributed by atoms with van der Waals surface area (Å²) in [6.45, 7) is 3.68. The monoisotopic (exact) mass is 376 g/mol. The van der Waals surface area contributed by atoms with Crippen molar-refractivity contribution in [2.24, 2.45) is 0 Å². The van der Waals surface area contributed by atoms with Crippen molar-refractivity contribution in [1.82, 2.24) is 19.2 Å². The predicted octanol–water partition coefficient (Wildman–Crippen LogP) is 2.23. The van der Waals surface area contributed by atoms with E-state index in [1.807, 2.05) is 6.07 Å². The van der Waals surface area contributed by atoms with E-state index >= 15 is 0 Å². The van der Waals surface area contributed by atoms with Crippen LogP contribution in [0.3, 0.4) is 0 Å². The molecule has 7 nitrogen and oxygen atoms in total. The molecule has 0 aliphatic carbocycles. The lowest BCUT2D eigenvalue weighted by atomic mass is 9.94. The molecule has 1 atom stereocenters. The zero-order valence-electron chi connectivity index (χ0n) is 14.7. The molecular weight excluding hydrogens is 352 g/mol. The topological polar surface area (TPSA) is 79.5 Å². The molecule has 2 fully saturated rings. The van der Waals surface area contributed by atoms with Gasteiger partial charge >= 0.3 is 0 Å². The fourth-order valence-electron chi connectivity index (χ4n) is 3.84. The van der Waals surface area contributed by atoms with Crippen LogP contribution in [0.1, 0.15) is 43.1 Å². The van der Waals surface area contributed by atoms with Crippen molar-refractivity contribution >= 4 is 10.0 Å². The lowest BCUT2D eigenvalue weighted by Gasteiger charge is -2.31. The summed E-state index contributed by atoms with van der Waals surface area (Å²) < 4.78 is 32.4. The Morgan fingerprint density at radius 2 is 1.96 bits per heavy atom. The molecule has 0 radical (unpaired) electrons. The van der Waals surface area contributed by atoms with Crippen LogP contribution in [-0.4, -0.2) is 53.8 Å². The predicted molar refractivity (Wildman–Crippen MR) is 96.0 cm³/mol. The van der Waals surface area contributed by atoms with Gasteiger partial charge in [-0.15, -0.1) is 0 Å². The third kappa shape index (κ3) is 3.67. The van der Waals surface area contributed by atoms with Crippen LogP contribution in [-0.2, 0) is 16.6 Å². The fraction of sp³-hybridized carbons (Fsp3) is 0.556. The maximum Gasteiger partial charge on any atom is 0.276 e. The van der Waals surface area contributed by atoms with Crippen molar-refractivity contribution in [2.45, 2.75) is 43.2 Å². The minimum atomic E-state index is -3.48. The average molecular weight is 376 g/mol. The lowest BCUT2D eigenvalue weighted by Crippen LogP contribution is -2.34. The standard InChI is InChI=1S/C18H24N4O3S/c23-26(24,22-10-1-2-11-22)18-6-5-16(25-18)13-21-9-3-4-15(12-21)17-7-8-19-14-20-17/h5-8,14-15H,1-4,9-13H2/t15-/m0/s1. The number of hydrogen-bond donors (Lipinski definition) is 0. The largest absolute Gasteiger partial charge is 0.447 e. The van der Waals surface area contributed by atoms with Crippen LogP contribution in [0.4, 0.5) is 0 Å². The second-order valence-electron chi connectivity index (χ2n) is 7.04. The van der Waals surface area contributed by atoms with Gasteiger partial charge in [0.05, 0.1) is 6.54 Å². The maximum atomic E-state index is 12.6. The van der Waals surface area contributed by atoms with Gasteiger partial charge in [0.15, 0.2) is 0 Å². The van der Waals surface area contributed by atoms with Gasteiger partial charge in [-0.2, -0.15) is 4.31 Å². The molecule has 2 saturated heterocycles. The number of piperidine rings is 1. The molecule has 0 N–H and O–H groups in total. The Morgan fingerprint density at radius 3 is 2.73 bits per heavy atom. The van der Waals surface area contributed by atoms with E-state index in [4.69, 9.17) is 4.42 Å². The van der Waals surface area contributed by atoms with E-state index in [0.717, 1.165) is 44.5 Å². The minimum absolute atomic E-state index is 0.0683. The number of nitrogens with zero attached hydrogens (tertiary/aromatic N) is 4. The van der Waals surface area contributed by atoms with Gasteiger partial charge in [-0.25, -0.2) is 18.4 Å². The van der Waals surface area contributed by atoms with Gasteiger partial charge in [-0.1, -0.05) is 0 Å². The molecule has 0 amide bonds. The quantitative estimate of drug-likeness (QED) is 0.796.